The van der Waals surface area contributed by atoms with Crippen LogP contribution in [0.15, 0.2) is 73.3 Å². The minimum Gasteiger partial charge on any atom is -0.482 e. The number of ether oxygens (including phenoxy) is 6. The lowest BCUT2D eigenvalue weighted by Gasteiger charge is -2.21. The molecule has 1 saturated heterocycles. The van der Waals surface area contributed by atoms with E-state index >= 15 is 0 Å². The Morgan fingerprint density at radius 2 is 1.57 bits per heavy atom. The second-order valence-corrected chi connectivity index (χ2v) is 8.60. The molecule has 0 spiro atoms. The van der Waals surface area contributed by atoms with Crippen molar-refractivity contribution in [2.24, 2.45) is 0 Å². The van der Waals surface area contributed by atoms with E-state index in [-0.39, 0.29) is 19.1 Å². The second kappa shape index (κ2) is 12.4. The number of carbonyl (C=O) groups excluding carboxylic acids is 2. The molecule has 208 valence electrons. The predicted molar refractivity (Wildman–Crippen MR) is 137 cm³/mol. The van der Waals surface area contributed by atoms with Crippen LogP contribution in [0.3, 0.4) is 0 Å². The average Bonchev–Trinajstić information content (AvgIpc) is 3.55. The maximum atomic E-state index is 12.7. The van der Waals surface area contributed by atoms with Gasteiger partial charge in [0.25, 0.3) is 0 Å². The Bertz CT molecular complexity index is 1430. The Morgan fingerprint density at radius 3 is 2.23 bits per heavy atom. The van der Waals surface area contributed by atoms with Gasteiger partial charge in [-0.05, 0) is 24.3 Å². The molecule has 0 saturated carbocycles. The minimum atomic E-state index is -1.37. The van der Waals surface area contributed by atoms with E-state index in [1.54, 1.807) is 48.5 Å². The fraction of sp³-hybridized carbons (Fsp3) is 0.296. The number of imidazole rings is 1. The number of nitrogens with zero attached hydrogens (tertiary/aromatic N) is 4. The molecule has 13 heteroatoms. The van der Waals surface area contributed by atoms with E-state index in [9.17, 15) is 14.7 Å². The van der Waals surface area contributed by atoms with Crippen LogP contribution < -0.4 is 14.2 Å². The Morgan fingerprint density at radius 1 is 0.925 bits per heavy atom. The summed E-state index contributed by atoms with van der Waals surface area (Å²) in [7, 11) is 1.45. The molecular formula is C27H26N4O9. The summed E-state index contributed by atoms with van der Waals surface area (Å²) < 4.78 is 34.5. The fourth-order valence-electron chi connectivity index (χ4n) is 4.12. The highest BCUT2D eigenvalue weighted by Gasteiger charge is 2.48. The third-order valence-corrected chi connectivity index (χ3v) is 5.98. The van der Waals surface area contributed by atoms with E-state index in [4.69, 9.17) is 28.4 Å². The van der Waals surface area contributed by atoms with Crippen molar-refractivity contribution >= 4 is 23.1 Å². The first-order valence-electron chi connectivity index (χ1n) is 12.3. The number of carbonyl (C=O) groups is 2. The van der Waals surface area contributed by atoms with Crippen molar-refractivity contribution in [3.8, 4) is 17.4 Å². The van der Waals surface area contributed by atoms with Gasteiger partial charge in [-0.2, -0.15) is 4.98 Å². The van der Waals surface area contributed by atoms with Crippen molar-refractivity contribution in [3.05, 3.63) is 73.3 Å². The molecule has 1 fully saturated rings. The van der Waals surface area contributed by atoms with Gasteiger partial charge in [0, 0.05) is 0 Å². The minimum absolute atomic E-state index is 0.237. The van der Waals surface area contributed by atoms with E-state index < -0.39 is 43.1 Å². The van der Waals surface area contributed by atoms with Crippen LogP contribution in [0.2, 0.25) is 0 Å². The number of rotatable bonds is 11. The van der Waals surface area contributed by atoms with Crippen molar-refractivity contribution in [1.29, 1.82) is 0 Å². The van der Waals surface area contributed by atoms with Crippen molar-refractivity contribution in [2.75, 3.05) is 26.9 Å². The highest BCUT2D eigenvalue weighted by atomic mass is 16.6. The van der Waals surface area contributed by atoms with E-state index in [1.165, 1.54) is 24.3 Å². The molecule has 2 aromatic carbocycles. The van der Waals surface area contributed by atoms with E-state index in [0.717, 1.165) is 0 Å². The molecule has 1 aliphatic rings. The van der Waals surface area contributed by atoms with Crippen molar-refractivity contribution < 1.29 is 43.1 Å². The van der Waals surface area contributed by atoms with Crippen LogP contribution >= 0.6 is 0 Å². The number of fused-ring (bicyclic) bond motifs is 1. The molecule has 1 N–H and O–H groups in total. The summed E-state index contributed by atoms with van der Waals surface area (Å²) in [5.74, 6) is -0.209. The Balaban J connectivity index is 1.29. The molecule has 4 aromatic rings. The lowest BCUT2D eigenvalue weighted by Crippen LogP contribution is -2.40. The van der Waals surface area contributed by atoms with Crippen molar-refractivity contribution in [2.45, 2.75) is 24.5 Å². The van der Waals surface area contributed by atoms with Crippen LogP contribution in [0, 0.1) is 0 Å². The van der Waals surface area contributed by atoms with Gasteiger partial charge in [0.15, 0.2) is 36.7 Å². The third-order valence-electron chi connectivity index (χ3n) is 5.98. The summed E-state index contributed by atoms with van der Waals surface area (Å²) in [6.45, 7) is -1.08. The van der Waals surface area contributed by atoms with E-state index in [2.05, 4.69) is 15.0 Å². The number of hydrogen-bond acceptors (Lipinski definition) is 12. The zero-order valence-corrected chi connectivity index (χ0v) is 21.4. The van der Waals surface area contributed by atoms with E-state index in [0.29, 0.717) is 22.7 Å². The molecule has 0 radical (unpaired) electrons. The summed E-state index contributed by atoms with van der Waals surface area (Å²) >= 11 is 0. The molecular weight excluding hydrogens is 524 g/mol. The second-order valence-electron chi connectivity index (χ2n) is 8.60. The van der Waals surface area contributed by atoms with Gasteiger partial charge in [0.1, 0.15) is 36.6 Å². The van der Waals surface area contributed by atoms with Gasteiger partial charge in [-0.3, -0.25) is 4.57 Å². The zero-order chi connectivity index (χ0) is 27.9. The SMILES string of the molecule is COc1ncnc2c1ncn2[C@@H]1O[C@H](COC(=O)COc2ccccc2)[C@@H](OC(=O)COc2ccccc2)[C@@H]1O. The van der Waals surface area contributed by atoms with E-state index in [1.807, 2.05) is 12.1 Å². The highest BCUT2D eigenvalue weighted by molar-refractivity contribution is 5.76. The fourth-order valence-corrected chi connectivity index (χ4v) is 4.12. The standard InChI is InChI=1S/C27H26N4O9/c1-35-26-22-25(28-15-29-26)31(16-30-22)27-23(34)24(40-21(33)14-37-18-10-6-3-7-11-18)19(39-27)12-38-20(32)13-36-17-8-4-2-5-9-17/h2-11,15-16,19,23-24,27,34H,12-14H2,1H3/t19-,23+,24-,27-/m1/s1. The zero-order valence-electron chi connectivity index (χ0n) is 21.4. The smallest absolute Gasteiger partial charge is 0.344 e. The van der Waals surface area contributed by atoms with Gasteiger partial charge >= 0.3 is 11.9 Å². The van der Waals surface area contributed by atoms with Gasteiger partial charge in [-0.1, -0.05) is 36.4 Å². The molecule has 0 amide bonds. The molecule has 0 unspecified atom stereocenters. The van der Waals surface area contributed by atoms with Gasteiger partial charge in [0.05, 0.1) is 13.4 Å². The monoisotopic (exact) mass is 550 g/mol. The summed E-state index contributed by atoms with van der Waals surface area (Å²) in [5.41, 5.74) is 0.667. The molecule has 2 aromatic heterocycles. The number of esters is 2. The molecule has 0 bridgehead atoms. The summed E-state index contributed by atoms with van der Waals surface area (Å²) in [4.78, 5) is 37.5. The average molecular weight is 551 g/mol. The number of aliphatic hydroxyl groups is 1. The number of aromatic nitrogens is 4. The number of hydrogen-bond donors (Lipinski definition) is 1. The van der Waals surface area contributed by atoms with Gasteiger partial charge in [0.2, 0.25) is 5.88 Å². The maximum Gasteiger partial charge on any atom is 0.344 e. The van der Waals surface area contributed by atoms with Crippen LogP contribution in [0.25, 0.3) is 11.2 Å². The molecule has 3 heterocycles. The topological polar surface area (TPSA) is 153 Å². The first-order chi connectivity index (χ1) is 19.5. The van der Waals surface area contributed by atoms with Crippen molar-refractivity contribution in [1.82, 2.24) is 19.5 Å². The van der Waals surface area contributed by atoms with Crippen LogP contribution in [0.4, 0.5) is 0 Å². The van der Waals surface area contributed by atoms with Crippen LogP contribution in [0.5, 0.6) is 17.4 Å². The third kappa shape index (κ3) is 6.11. The van der Waals surface area contributed by atoms with Crippen LogP contribution in [-0.4, -0.2) is 81.8 Å². The van der Waals surface area contributed by atoms with Crippen LogP contribution in [-0.2, 0) is 23.8 Å². The van der Waals surface area contributed by atoms with Gasteiger partial charge in [-0.15, -0.1) is 0 Å². The largest absolute Gasteiger partial charge is 0.482 e. The number of methoxy groups -OCH3 is 1. The first-order valence-corrected chi connectivity index (χ1v) is 12.3. The van der Waals surface area contributed by atoms with Gasteiger partial charge < -0.3 is 33.5 Å². The lowest BCUT2D eigenvalue weighted by molar-refractivity contribution is -0.162. The number of para-hydroxylation sites is 2. The van der Waals surface area contributed by atoms with Gasteiger partial charge in [-0.25, -0.2) is 19.6 Å². The lowest BCUT2D eigenvalue weighted by atomic mass is 10.1. The molecule has 4 atom stereocenters. The molecule has 5 rings (SSSR count). The Kier molecular flexibility index (Phi) is 8.32. The quantitative estimate of drug-likeness (QED) is 0.270. The Hall–Kier alpha value is -4.75. The maximum absolute atomic E-state index is 12.7. The summed E-state index contributed by atoms with van der Waals surface area (Å²) in [6, 6.07) is 17.5. The first kappa shape index (κ1) is 26.8. The highest BCUT2D eigenvalue weighted by Crippen LogP contribution is 2.34. The van der Waals surface area contributed by atoms with Crippen molar-refractivity contribution in [3.63, 3.8) is 0 Å². The molecule has 1 aliphatic heterocycles. The predicted octanol–water partition coefficient (Wildman–Crippen LogP) is 1.71. The van der Waals surface area contributed by atoms with Crippen LogP contribution in [0.1, 0.15) is 6.23 Å². The normalized spacial score (nSPS) is 20.1. The Labute approximate surface area is 228 Å². The molecule has 0 aliphatic carbocycles. The summed E-state index contributed by atoms with van der Waals surface area (Å²) in [5, 5.41) is 11.2. The molecule has 13 nitrogen and oxygen atoms in total. The summed E-state index contributed by atoms with van der Waals surface area (Å²) in [6.07, 6.45) is -2.01. The number of benzene rings is 2. The number of aliphatic hydroxyl groups excluding tert-OH is 1. The molecule has 40 heavy (non-hydrogen) atoms.